The molecule has 3 rings (SSSR count). The van der Waals surface area contributed by atoms with Crippen LogP contribution in [-0.4, -0.2) is 46.8 Å². The first-order valence-electron chi connectivity index (χ1n) is 8.81. The molecule has 1 heterocycles. The largest absolute Gasteiger partial charge is 0.573 e. The van der Waals surface area contributed by atoms with Crippen LogP contribution in [0, 0.1) is 0 Å². The average Bonchev–Trinajstić information content (AvgIpc) is 3.06. The van der Waals surface area contributed by atoms with Gasteiger partial charge in [-0.05, 0) is 48.4 Å². The fraction of sp³-hybridized carbons (Fsp3) is 0.333. The summed E-state index contributed by atoms with van der Waals surface area (Å²) in [4.78, 5) is -0.298. The Bertz CT molecular complexity index is 1150. The smallest absolute Gasteiger partial charge is 0.406 e. The van der Waals surface area contributed by atoms with E-state index in [2.05, 4.69) is 9.46 Å². The molecule has 0 amide bonds. The van der Waals surface area contributed by atoms with Gasteiger partial charge in [0.15, 0.2) is 0 Å². The van der Waals surface area contributed by atoms with Crippen molar-refractivity contribution in [3.8, 4) is 5.75 Å². The molecule has 0 saturated carbocycles. The number of nitrogens with zero attached hydrogens (tertiary/aromatic N) is 1. The number of sulfonamides is 2. The minimum Gasteiger partial charge on any atom is -0.406 e. The minimum atomic E-state index is -4.91. The maximum absolute atomic E-state index is 13.0. The van der Waals surface area contributed by atoms with Crippen LogP contribution in [0.1, 0.15) is 12.0 Å². The van der Waals surface area contributed by atoms with E-state index in [1.165, 1.54) is 0 Å². The Morgan fingerprint density at radius 2 is 1.61 bits per heavy atom. The summed E-state index contributed by atoms with van der Waals surface area (Å²) in [6.07, 6.45) is -3.73. The first-order valence-corrected chi connectivity index (χ1v) is 12.5. The summed E-state index contributed by atoms with van der Waals surface area (Å²) < 4.78 is 94.5. The van der Waals surface area contributed by atoms with E-state index in [9.17, 15) is 30.0 Å². The second-order valence-electron chi connectivity index (χ2n) is 7.06. The van der Waals surface area contributed by atoms with E-state index in [1.54, 1.807) is 24.3 Å². The van der Waals surface area contributed by atoms with Crippen molar-refractivity contribution in [1.82, 2.24) is 9.03 Å². The van der Waals surface area contributed by atoms with Gasteiger partial charge in [-0.25, -0.2) is 16.8 Å². The lowest BCUT2D eigenvalue weighted by Gasteiger charge is -2.31. The molecule has 0 aromatic heterocycles. The molecule has 1 aliphatic rings. The third-order valence-electron chi connectivity index (χ3n) is 4.80. The van der Waals surface area contributed by atoms with Gasteiger partial charge in [-0.3, -0.25) is 0 Å². The molecule has 1 saturated heterocycles. The molecule has 31 heavy (non-hydrogen) atoms. The average molecular weight is 499 g/mol. The van der Waals surface area contributed by atoms with Gasteiger partial charge in [0.1, 0.15) is 5.75 Å². The van der Waals surface area contributed by atoms with Crippen molar-refractivity contribution in [2.45, 2.75) is 23.2 Å². The molecule has 2 aromatic carbocycles. The van der Waals surface area contributed by atoms with Crippen LogP contribution >= 0.6 is 11.6 Å². The van der Waals surface area contributed by atoms with Gasteiger partial charge in [-0.2, -0.15) is 9.03 Å². The van der Waals surface area contributed by atoms with E-state index in [-0.39, 0.29) is 24.4 Å². The molecule has 0 spiro atoms. The molecule has 0 aliphatic carbocycles. The van der Waals surface area contributed by atoms with Crippen molar-refractivity contribution in [2.24, 2.45) is 0 Å². The van der Waals surface area contributed by atoms with Gasteiger partial charge in [0.05, 0.1) is 16.7 Å². The molecule has 1 atom stereocenters. The van der Waals surface area contributed by atoms with Gasteiger partial charge >= 0.3 is 6.36 Å². The van der Waals surface area contributed by atoms with Crippen molar-refractivity contribution in [2.75, 3.05) is 19.3 Å². The zero-order valence-corrected chi connectivity index (χ0v) is 18.4. The maximum atomic E-state index is 13.0. The highest BCUT2D eigenvalue weighted by Crippen LogP contribution is 2.36. The molecule has 1 fully saturated rings. The maximum Gasteiger partial charge on any atom is 0.573 e. The third-order valence-corrected chi connectivity index (χ3v) is 7.85. The molecule has 0 bridgehead atoms. The first kappa shape index (κ1) is 23.8. The van der Waals surface area contributed by atoms with Gasteiger partial charge in [0.25, 0.3) is 0 Å². The summed E-state index contributed by atoms with van der Waals surface area (Å²) in [5.74, 6) is -0.567. The van der Waals surface area contributed by atoms with E-state index >= 15 is 0 Å². The molecule has 0 radical (unpaired) electrons. The lowest BCUT2D eigenvalue weighted by atomic mass is 9.90. The highest BCUT2D eigenvalue weighted by atomic mass is 35.5. The van der Waals surface area contributed by atoms with Crippen molar-refractivity contribution < 1.29 is 34.7 Å². The highest BCUT2D eigenvalue weighted by molar-refractivity contribution is 7.89. The monoisotopic (exact) mass is 498 g/mol. The van der Waals surface area contributed by atoms with Crippen LogP contribution in [0.4, 0.5) is 13.2 Å². The second kappa shape index (κ2) is 8.24. The molecule has 1 unspecified atom stereocenters. The zero-order valence-electron chi connectivity index (χ0n) is 16.1. The molecule has 7 nitrogen and oxygen atoms in total. The minimum absolute atomic E-state index is 0.0857. The van der Waals surface area contributed by atoms with Gasteiger partial charge in [-0.15, -0.1) is 13.2 Å². The Morgan fingerprint density at radius 3 is 2.10 bits per heavy atom. The Kier molecular flexibility index (Phi) is 6.33. The van der Waals surface area contributed by atoms with Crippen molar-refractivity contribution in [1.29, 1.82) is 0 Å². The Labute approximate surface area is 182 Å². The summed E-state index contributed by atoms with van der Waals surface area (Å²) >= 11 is 5.92. The normalized spacial score (nSPS) is 20.7. The summed E-state index contributed by atoms with van der Waals surface area (Å²) in [5.41, 5.74) is -0.781. The lowest BCUT2D eigenvalue weighted by molar-refractivity contribution is -0.274. The number of hydrogen-bond acceptors (Lipinski definition) is 5. The van der Waals surface area contributed by atoms with Crippen LogP contribution in [0.3, 0.4) is 0 Å². The van der Waals surface area contributed by atoms with E-state index < -0.39 is 37.7 Å². The zero-order chi connectivity index (χ0) is 23.1. The first-order chi connectivity index (χ1) is 14.2. The Balaban J connectivity index is 1.95. The second-order valence-corrected chi connectivity index (χ2v) is 11.2. The molecule has 1 aliphatic heterocycles. The number of hydrogen-bond donors (Lipinski definition) is 1. The molecule has 170 valence electrons. The van der Waals surface area contributed by atoms with Gasteiger partial charge in [-0.1, -0.05) is 23.7 Å². The molecule has 2 aromatic rings. The highest BCUT2D eigenvalue weighted by Gasteiger charge is 2.45. The predicted molar refractivity (Wildman–Crippen MR) is 108 cm³/mol. The fourth-order valence-electron chi connectivity index (χ4n) is 3.34. The molecule has 13 heteroatoms. The van der Waals surface area contributed by atoms with Crippen molar-refractivity contribution in [3.63, 3.8) is 0 Å². The molecular weight excluding hydrogens is 481 g/mol. The van der Waals surface area contributed by atoms with Crippen LogP contribution in [0.25, 0.3) is 0 Å². The summed E-state index contributed by atoms with van der Waals surface area (Å²) in [6.45, 7) is -0.0652. The van der Waals surface area contributed by atoms with Crippen LogP contribution in [0.15, 0.2) is 53.4 Å². The number of alkyl halides is 3. The Morgan fingerprint density at radius 1 is 1.03 bits per heavy atom. The quantitative estimate of drug-likeness (QED) is 0.660. The van der Waals surface area contributed by atoms with Gasteiger partial charge in [0.2, 0.25) is 20.0 Å². The van der Waals surface area contributed by atoms with E-state index in [1.807, 2.05) is 0 Å². The Hall–Kier alpha value is -1.86. The van der Waals surface area contributed by atoms with Crippen molar-refractivity contribution >= 4 is 31.6 Å². The summed E-state index contributed by atoms with van der Waals surface area (Å²) in [7, 11) is -7.81. The standard InChI is InChI=1S/C18H18ClF3N2O5S2/c1-30(25,26)24-11-10-17(12-24,13-2-4-14(19)5-3-13)23-31(27,28)16-8-6-15(7-9-16)29-18(20,21)22/h2-9,23H,10-12H2,1H3. The number of nitrogens with one attached hydrogen (secondary N) is 1. The topological polar surface area (TPSA) is 92.8 Å². The lowest BCUT2D eigenvalue weighted by Crippen LogP contribution is -2.48. The molecular formula is C18H18ClF3N2O5S2. The third kappa shape index (κ3) is 5.69. The van der Waals surface area contributed by atoms with E-state index in [0.29, 0.717) is 10.6 Å². The van der Waals surface area contributed by atoms with E-state index in [0.717, 1.165) is 34.8 Å². The van der Waals surface area contributed by atoms with Crippen LogP contribution in [0.5, 0.6) is 5.75 Å². The number of benzene rings is 2. The SMILES string of the molecule is CS(=O)(=O)N1CCC(NS(=O)(=O)c2ccc(OC(F)(F)F)cc2)(c2ccc(Cl)cc2)C1. The number of halogens is 4. The number of ether oxygens (including phenoxy) is 1. The van der Waals surface area contributed by atoms with Crippen LogP contribution in [-0.2, 0) is 25.6 Å². The summed E-state index contributed by atoms with van der Waals surface area (Å²) in [6, 6.07) is 10.0. The summed E-state index contributed by atoms with van der Waals surface area (Å²) in [5, 5.41) is 0.417. The van der Waals surface area contributed by atoms with Crippen LogP contribution in [0.2, 0.25) is 5.02 Å². The molecule has 1 N–H and O–H groups in total. The number of rotatable bonds is 6. The predicted octanol–water partition coefficient (Wildman–Crippen LogP) is 3.08. The van der Waals surface area contributed by atoms with Gasteiger partial charge in [0, 0.05) is 18.1 Å². The van der Waals surface area contributed by atoms with Gasteiger partial charge < -0.3 is 4.74 Å². The van der Waals surface area contributed by atoms with E-state index in [4.69, 9.17) is 11.6 Å². The van der Waals surface area contributed by atoms with Crippen molar-refractivity contribution in [3.05, 3.63) is 59.1 Å². The fourth-order valence-corrected chi connectivity index (χ4v) is 5.76. The van der Waals surface area contributed by atoms with Crippen LogP contribution < -0.4 is 9.46 Å².